The van der Waals surface area contributed by atoms with Crippen molar-refractivity contribution < 1.29 is 14.7 Å². The molecule has 5 heteroatoms. The zero-order chi connectivity index (χ0) is 11.9. The van der Waals surface area contributed by atoms with E-state index in [9.17, 15) is 9.59 Å². The van der Waals surface area contributed by atoms with E-state index in [0.29, 0.717) is 19.4 Å². The lowest BCUT2D eigenvalue weighted by atomic mass is 10.1. The van der Waals surface area contributed by atoms with Crippen molar-refractivity contribution in [2.24, 2.45) is 0 Å². The second-order valence-corrected chi connectivity index (χ2v) is 3.62. The highest BCUT2D eigenvalue weighted by Crippen LogP contribution is 2.00. The van der Waals surface area contributed by atoms with Gasteiger partial charge < -0.3 is 15.7 Å². The largest absolute Gasteiger partial charge is 0.480 e. The number of carboxylic acid groups (broad SMARTS) is 1. The van der Waals surface area contributed by atoms with Gasteiger partial charge in [0.2, 0.25) is 0 Å². The Hall–Kier alpha value is -1.70. The molecule has 0 aromatic heterocycles. The maximum absolute atomic E-state index is 11.2. The van der Waals surface area contributed by atoms with Gasteiger partial charge in [-0.05, 0) is 20.3 Å². The molecule has 84 valence electrons. The van der Waals surface area contributed by atoms with E-state index in [1.54, 1.807) is 0 Å². The minimum atomic E-state index is -1.27. The van der Waals surface area contributed by atoms with Crippen LogP contribution in [-0.2, 0) is 4.79 Å². The number of carbonyl (C=O) groups excluding carboxylic acids is 1. The van der Waals surface area contributed by atoms with E-state index in [0.717, 1.165) is 0 Å². The first kappa shape index (κ1) is 13.3. The lowest BCUT2D eigenvalue weighted by Crippen LogP contribution is -2.53. The first-order valence-corrected chi connectivity index (χ1v) is 4.63. The summed E-state index contributed by atoms with van der Waals surface area (Å²) in [6, 6.07) is -0.501. The third kappa shape index (κ3) is 5.57. The molecular weight excluding hydrogens is 196 g/mol. The number of carbonyl (C=O) groups is 2. The number of terminal acetylenes is 1. The maximum atomic E-state index is 11.2. The molecular formula is C10H16N2O3. The molecule has 0 unspecified atom stereocenters. The molecule has 0 aliphatic rings. The van der Waals surface area contributed by atoms with Gasteiger partial charge in [-0.2, -0.15) is 0 Å². The molecule has 0 aromatic carbocycles. The van der Waals surface area contributed by atoms with Crippen LogP contribution in [0.2, 0.25) is 0 Å². The minimum absolute atomic E-state index is 0.436. The highest BCUT2D eigenvalue weighted by Gasteiger charge is 2.28. The monoisotopic (exact) mass is 212 g/mol. The van der Waals surface area contributed by atoms with E-state index in [1.807, 2.05) is 0 Å². The normalized spacial score (nSPS) is 10.2. The fraction of sp³-hybridized carbons (Fsp3) is 0.600. The van der Waals surface area contributed by atoms with E-state index in [-0.39, 0.29) is 0 Å². The van der Waals surface area contributed by atoms with E-state index < -0.39 is 17.5 Å². The quantitative estimate of drug-likeness (QED) is 0.460. The summed E-state index contributed by atoms with van der Waals surface area (Å²) in [6.07, 6.45) is 6.29. The average molecular weight is 212 g/mol. The van der Waals surface area contributed by atoms with Crippen molar-refractivity contribution in [2.75, 3.05) is 6.54 Å². The van der Waals surface area contributed by atoms with Crippen LogP contribution in [0.25, 0.3) is 0 Å². The van der Waals surface area contributed by atoms with E-state index in [4.69, 9.17) is 11.5 Å². The van der Waals surface area contributed by atoms with Crippen LogP contribution in [0.5, 0.6) is 0 Å². The smallest absolute Gasteiger partial charge is 0.328 e. The number of urea groups is 1. The molecule has 15 heavy (non-hydrogen) atoms. The van der Waals surface area contributed by atoms with Crippen molar-refractivity contribution >= 4 is 12.0 Å². The van der Waals surface area contributed by atoms with Gasteiger partial charge in [-0.1, -0.05) is 0 Å². The Morgan fingerprint density at radius 1 is 1.47 bits per heavy atom. The third-order valence-corrected chi connectivity index (χ3v) is 1.74. The van der Waals surface area contributed by atoms with E-state index in [2.05, 4.69) is 16.6 Å². The van der Waals surface area contributed by atoms with Gasteiger partial charge >= 0.3 is 12.0 Å². The molecule has 0 spiro atoms. The van der Waals surface area contributed by atoms with Gasteiger partial charge in [0.15, 0.2) is 0 Å². The zero-order valence-electron chi connectivity index (χ0n) is 8.96. The average Bonchev–Trinajstić information content (AvgIpc) is 2.11. The number of unbranched alkanes of at least 4 members (excludes halogenated alkanes) is 1. The summed E-state index contributed by atoms with van der Waals surface area (Å²) in [4.78, 5) is 21.9. The van der Waals surface area contributed by atoms with E-state index in [1.165, 1.54) is 13.8 Å². The standard InChI is InChI=1S/C10H16N2O3/c1-4-5-6-7-11-9(15)12-10(2,3)8(13)14/h1H,5-7H2,2-3H3,(H,13,14)(H2,11,12,15). The third-order valence-electron chi connectivity index (χ3n) is 1.74. The molecule has 0 atom stereocenters. The number of nitrogens with one attached hydrogen (secondary N) is 2. The number of amides is 2. The van der Waals surface area contributed by atoms with Crippen LogP contribution in [-0.4, -0.2) is 29.2 Å². The lowest BCUT2D eigenvalue weighted by Gasteiger charge is -2.21. The Morgan fingerprint density at radius 2 is 2.07 bits per heavy atom. The predicted octanol–water partition coefficient (Wildman–Crippen LogP) is 0.562. The fourth-order valence-electron chi connectivity index (χ4n) is 0.774. The summed E-state index contributed by atoms with van der Waals surface area (Å²) < 4.78 is 0. The molecule has 2 amide bonds. The molecule has 0 aromatic rings. The SMILES string of the molecule is C#CCCCNC(=O)NC(C)(C)C(=O)O. The second kappa shape index (κ2) is 5.91. The maximum Gasteiger partial charge on any atom is 0.328 e. The van der Waals surface area contributed by atoms with Crippen molar-refractivity contribution in [1.82, 2.24) is 10.6 Å². The van der Waals surface area contributed by atoms with Crippen LogP contribution in [0.1, 0.15) is 26.7 Å². The summed E-state index contributed by atoms with van der Waals surface area (Å²) >= 11 is 0. The van der Waals surface area contributed by atoms with Gasteiger partial charge in [0.25, 0.3) is 0 Å². The topological polar surface area (TPSA) is 78.4 Å². The number of aliphatic carboxylic acids is 1. The Balaban J connectivity index is 3.85. The molecule has 3 N–H and O–H groups in total. The molecule has 0 aliphatic carbocycles. The number of hydrogen-bond donors (Lipinski definition) is 3. The van der Waals surface area contributed by atoms with Crippen molar-refractivity contribution in [3.63, 3.8) is 0 Å². The van der Waals surface area contributed by atoms with Gasteiger partial charge in [0.1, 0.15) is 5.54 Å². The predicted molar refractivity (Wildman–Crippen MR) is 56.3 cm³/mol. The number of rotatable bonds is 5. The van der Waals surface area contributed by atoms with Gasteiger partial charge in [0.05, 0.1) is 0 Å². The molecule has 0 radical (unpaired) electrons. The minimum Gasteiger partial charge on any atom is -0.480 e. The summed E-state index contributed by atoms with van der Waals surface area (Å²) in [5, 5.41) is 13.6. The molecule has 0 bridgehead atoms. The van der Waals surface area contributed by atoms with Crippen LogP contribution < -0.4 is 10.6 Å². The van der Waals surface area contributed by atoms with Crippen molar-refractivity contribution in [1.29, 1.82) is 0 Å². The Kier molecular flexibility index (Phi) is 5.24. The van der Waals surface area contributed by atoms with Crippen LogP contribution in [0.15, 0.2) is 0 Å². The van der Waals surface area contributed by atoms with Crippen molar-refractivity contribution in [2.45, 2.75) is 32.2 Å². The van der Waals surface area contributed by atoms with Crippen molar-refractivity contribution in [3.8, 4) is 12.3 Å². The fourth-order valence-corrected chi connectivity index (χ4v) is 0.774. The highest BCUT2D eigenvalue weighted by atomic mass is 16.4. The van der Waals surface area contributed by atoms with Crippen LogP contribution in [0.3, 0.4) is 0 Å². The van der Waals surface area contributed by atoms with E-state index >= 15 is 0 Å². The Bertz CT molecular complexity index is 279. The molecule has 5 nitrogen and oxygen atoms in total. The molecule has 0 fully saturated rings. The lowest BCUT2D eigenvalue weighted by molar-refractivity contribution is -0.142. The summed E-state index contributed by atoms with van der Waals surface area (Å²) in [6.45, 7) is 3.26. The molecule has 0 heterocycles. The first-order valence-electron chi connectivity index (χ1n) is 4.63. The molecule has 0 saturated heterocycles. The zero-order valence-corrected chi connectivity index (χ0v) is 8.96. The van der Waals surface area contributed by atoms with Gasteiger partial charge in [-0.3, -0.25) is 0 Å². The van der Waals surface area contributed by atoms with Crippen LogP contribution >= 0.6 is 0 Å². The highest BCUT2D eigenvalue weighted by molar-refractivity contribution is 5.85. The van der Waals surface area contributed by atoms with Gasteiger partial charge in [-0.15, -0.1) is 12.3 Å². The Morgan fingerprint density at radius 3 is 2.53 bits per heavy atom. The van der Waals surface area contributed by atoms with Crippen molar-refractivity contribution in [3.05, 3.63) is 0 Å². The molecule has 0 aliphatic heterocycles. The van der Waals surface area contributed by atoms with Gasteiger partial charge in [0, 0.05) is 13.0 Å². The number of carboxylic acids is 1. The van der Waals surface area contributed by atoms with Gasteiger partial charge in [-0.25, -0.2) is 9.59 Å². The molecule has 0 rings (SSSR count). The van der Waals surface area contributed by atoms with Crippen LogP contribution in [0.4, 0.5) is 4.79 Å². The molecule has 0 saturated carbocycles. The first-order chi connectivity index (χ1) is 6.90. The number of hydrogen-bond acceptors (Lipinski definition) is 2. The summed E-state index contributed by atoms with van der Waals surface area (Å²) in [5.74, 6) is 1.36. The Labute approximate surface area is 89.2 Å². The second-order valence-electron chi connectivity index (χ2n) is 3.62. The summed E-state index contributed by atoms with van der Waals surface area (Å²) in [7, 11) is 0. The van der Waals surface area contributed by atoms with Crippen LogP contribution in [0, 0.1) is 12.3 Å². The summed E-state index contributed by atoms with van der Waals surface area (Å²) in [5.41, 5.74) is -1.27.